The Balaban J connectivity index is 0.00000182. The van der Waals surface area contributed by atoms with E-state index >= 15 is 0 Å². The predicted octanol–water partition coefficient (Wildman–Crippen LogP) is 2.96. The van der Waals surface area contributed by atoms with Gasteiger partial charge in [-0.3, -0.25) is 4.99 Å². The SMILES string of the molecule is CN=C(NCc1nnc2n1CCCC2)N1CCC2(CCCCC2)C1.I. The smallest absolute Gasteiger partial charge is 0.194 e. The van der Waals surface area contributed by atoms with Crippen molar-refractivity contribution >= 4 is 29.9 Å². The van der Waals surface area contributed by atoms with Crippen LogP contribution in [0.2, 0.25) is 0 Å². The molecule has 1 aromatic rings. The number of guanidine groups is 1. The fraction of sp³-hybridized carbons (Fsp3) is 0.833. The Kier molecular flexibility index (Phi) is 6.22. The Morgan fingerprint density at radius 1 is 1.08 bits per heavy atom. The summed E-state index contributed by atoms with van der Waals surface area (Å²) in [5.74, 6) is 3.23. The first-order valence-electron chi connectivity index (χ1n) is 9.66. The molecule has 7 heteroatoms. The van der Waals surface area contributed by atoms with Crippen LogP contribution in [0.25, 0.3) is 0 Å². The fourth-order valence-electron chi connectivity index (χ4n) is 4.82. The highest BCUT2D eigenvalue weighted by Gasteiger charge is 2.39. The van der Waals surface area contributed by atoms with Crippen molar-refractivity contribution in [2.24, 2.45) is 10.4 Å². The third-order valence-electron chi connectivity index (χ3n) is 6.20. The summed E-state index contributed by atoms with van der Waals surface area (Å²) in [5.41, 5.74) is 0.559. The average Bonchev–Trinajstić information content (AvgIpc) is 3.21. The van der Waals surface area contributed by atoms with Crippen molar-refractivity contribution in [2.45, 2.75) is 70.9 Å². The zero-order chi connectivity index (χ0) is 16.4. The molecule has 0 unspecified atom stereocenters. The minimum atomic E-state index is 0. The van der Waals surface area contributed by atoms with Crippen LogP contribution < -0.4 is 5.32 Å². The van der Waals surface area contributed by atoms with Crippen molar-refractivity contribution in [1.82, 2.24) is 25.0 Å². The Morgan fingerprint density at radius 3 is 2.72 bits per heavy atom. The molecule has 1 aromatic heterocycles. The van der Waals surface area contributed by atoms with Gasteiger partial charge in [0.15, 0.2) is 11.8 Å². The van der Waals surface area contributed by atoms with Crippen LogP contribution in [0.4, 0.5) is 0 Å². The first kappa shape index (κ1) is 18.9. The second-order valence-electron chi connectivity index (χ2n) is 7.77. The molecule has 0 bridgehead atoms. The summed E-state index contributed by atoms with van der Waals surface area (Å²) in [6.45, 7) is 4.09. The lowest BCUT2D eigenvalue weighted by molar-refractivity contribution is 0.203. The molecule has 140 valence electrons. The molecule has 3 heterocycles. The summed E-state index contributed by atoms with van der Waals surface area (Å²) < 4.78 is 2.29. The molecule has 1 saturated carbocycles. The summed E-state index contributed by atoms with van der Waals surface area (Å²) in [7, 11) is 1.90. The van der Waals surface area contributed by atoms with Crippen molar-refractivity contribution in [3.05, 3.63) is 11.6 Å². The Labute approximate surface area is 167 Å². The van der Waals surface area contributed by atoms with E-state index in [2.05, 4.69) is 30.0 Å². The molecule has 1 spiro atoms. The molecule has 1 N–H and O–H groups in total. The van der Waals surface area contributed by atoms with E-state index in [4.69, 9.17) is 0 Å². The molecule has 0 radical (unpaired) electrons. The number of fused-ring (bicyclic) bond motifs is 1. The summed E-state index contributed by atoms with van der Waals surface area (Å²) in [6.07, 6.45) is 11.9. The molecule has 6 nitrogen and oxygen atoms in total. The molecular weight excluding hydrogens is 427 g/mol. The van der Waals surface area contributed by atoms with Crippen molar-refractivity contribution in [1.29, 1.82) is 0 Å². The number of aryl methyl sites for hydroxylation is 1. The summed E-state index contributed by atoms with van der Waals surface area (Å²) in [6, 6.07) is 0. The topological polar surface area (TPSA) is 58.3 Å². The third kappa shape index (κ3) is 3.95. The van der Waals surface area contributed by atoms with Crippen molar-refractivity contribution in [3.63, 3.8) is 0 Å². The summed E-state index contributed by atoms with van der Waals surface area (Å²) in [4.78, 5) is 6.99. The van der Waals surface area contributed by atoms with Gasteiger partial charge in [-0.05, 0) is 37.5 Å². The first-order valence-corrected chi connectivity index (χ1v) is 9.66. The molecule has 2 aliphatic heterocycles. The van der Waals surface area contributed by atoms with Gasteiger partial charge < -0.3 is 14.8 Å². The minimum Gasteiger partial charge on any atom is -0.349 e. The van der Waals surface area contributed by atoms with Crippen molar-refractivity contribution in [2.75, 3.05) is 20.1 Å². The zero-order valence-corrected chi connectivity index (χ0v) is 17.7. The number of halogens is 1. The average molecular weight is 458 g/mol. The summed E-state index contributed by atoms with van der Waals surface area (Å²) in [5, 5.41) is 12.3. The Hall–Kier alpha value is -0.860. The van der Waals surface area contributed by atoms with Gasteiger partial charge in [-0.25, -0.2) is 0 Å². The van der Waals surface area contributed by atoms with Gasteiger partial charge in [0.2, 0.25) is 0 Å². The number of nitrogens with zero attached hydrogens (tertiary/aromatic N) is 5. The number of hydrogen-bond donors (Lipinski definition) is 1. The minimum absolute atomic E-state index is 0. The van der Waals surface area contributed by atoms with E-state index in [1.165, 1.54) is 57.9 Å². The highest BCUT2D eigenvalue weighted by Crippen LogP contribution is 2.43. The molecule has 4 rings (SSSR count). The van der Waals surface area contributed by atoms with Gasteiger partial charge in [-0.2, -0.15) is 0 Å². The molecule has 0 amide bonds. The lowest BCUT2D eigenvalue weighted by Crippen LogP contribution is -2.41. The number of hydrogen-bond acceptors (Lipinski definition) is 3. The molecule has 3 aliphatic rings. The van der Waals surface area contributed by atoms with E-state index in [1.807, 2.05) is 7.05 Å². The zero-order valence-electron chi connectivity index (χ0n) is 15.3. The maximum atomic E-state index is 4.53. The molecule has 25 heavy (non-hydrogen) atoms. The van der Waals surface area contributed by atoms with Gasteiger partial charge in [0.1, 0.15) is 5.82 Å². The molecular formula is C18H31IN6. The van der Waals surface area contributed by atoms with E-state index in [9.17, 15) is 0 Å². The number of aliphatic imine (C=N–C) groups is 1. The monoisotopic (exact) mass is 458 g/mol. The quantitative estimate of drug-likeness (QED) is 0.421. The number of aromatic nitrogens is 3. The second-order valence-corrected chi connectivity index (χ2v) is 7.77. The van der Waals surface area contributed by atoms with Gasteiger partial charge in [-0.15, -0.1) is 34.2 Å². The maximum absolute atomic E-state index is 4.53. The van der Waals surface area contributed by atoms with E-state index < -0.39 is 0 Å². The molecule has 1 aliphatic carbocycles. The van der Waals surface area contributed by atoms with E-state index in [-0.39, 0.29) is 24.0 Å². The Morgan fingerprint density at radius 2 is 1.92 bits per heavy atom. The highest BCUT2D eigenvalue weighted by molar-refractivity contribution is 14.0. The Bertz CT molecular complexity index is 605. The van der Waals surface area contributed by atoms with Crippen LogP contribution in [-0.2, 0) is 19.5 Å². The van der Waals surface area contributed by atoms with E-state index in [0.717, 1.165) is 43.7 Å². The van der Waals surface area contributed by atoms with Crippen molar-refractivity contribution < 1.29 is 0 Å². The van der Waals surface area contributed by atoms with Crippen LogP contribution in [0.15, 0.2) is 4.99 Å². The molecule has 1 saturated heterocycles. The maximum Gasteiger partial charge on any atom is 0.194 e. The highest BCUT2D eigenvalue weighted by atomic mass is 127. The van der Waals surface area contributed by atoms with Crippen LogP contribution in [0.1, 0.15) is 63.0 Å². The standard InChI is InChI=1S/C18H30N6.HI/c1-19-17(23-12-10-18(14-23)8-4-2-5-9-18)20-13-16-22-21-15-7-3-6-11-24(15)16;/h2-14H2,1H3,(H,19,20);1H. The number of rotatable bonds is 2. The number of nitrogens with one attached hydrogen (secondary N) is 1. The normalized spacial score (nSPS) is 22.6. The van der Waals surface area contributed by atoms with Crippen LogP contribution in [0.3, 0.4) is 0 Å². The van der Waals surface area contributed by atoms with Crippen molar-refractivity contribution in [3.8, 4) is 0 Å². The van der Waals surface area contributed by atoms with Gasteiger partial charge in [0.25, 0.3) is 0 Å². The molecule has 2 fully saturated rings. The molecule has 0 aromatic carbocycles. The second kappa shape index (κ2) is 8.22. The van der Waals surface area contributed by atoms with Gasteiger partial charge in [0, 0.05) is 33.1 Å². The fourth-order valence-corrected chi connectivity index (χ4v) is 4.82. The molecule has 0 atom stereocenters. The van der Waals surface area contributed by atoms with Gasteiger partial charge in [0.05, 0.1) is 6.54 Å². The largest absolute Gasteiger partial charge is 0.349 e. The number of likely N-dealkylation sites (tertiary alicyclic amines) is 1. The van der Waals surface area contributed by atoms with Crippen LogP contribution >= 0.6 is 24.0 Å². The van der Waals surface area contributed by atoms with Gasteiger partial charge in [-0.1, -0.05) is 19.3 Å². The predicted molar refractivity (Wildman–Crippen MR) is 110 cm³/mol. The van der Waals surface area contributed by atoms with E-state index in [1.54, 1.807) is 0 Å². The third-order valence-corrected chi connectivity index (χ3v) is 6.20. The van der Waals surface area contributed by atoms with Crippen LogP contribution in [0.5, 0.6) is 0 Å². The lowest BCUT2D eigenvalue weighted by Gasteiger charge is -2.33. The summed E-state index contributed by atoms with van der Waals surface area (Å²) >= 11 is 0. The van der Waals surface area contributed by atoms with Gasteiger partial charge >= 0.3 is 0 Å². The first-order chi connectivity index (χ1) is 11.8. The van der Waals surface area contributed by atoms with Crippen LogP contribution in [-0.4, -0.2) is 45.8 Å². The van der Waals surface area contributed by atoms with E-state index in [0.29, 0.717) is 5.41 Å². The van der Waals surface area contributed by atoms with Crippen LogP contribution in [0, 0.1) is 5.41 Å². The lowest BCUT2D eigenvalue weighted by atomic mass is 9.73.